The molecule has 2 aromatic rings. The van der Waals surface area contributed by atoms with Crippen LogP contribution >= 0.6 is 11.6 Å². The Bertz CT molecular complexity index is 747. The van der Waals surface area contributed by atoms with Crippen LogP contribution in [-0.4, -0.2) is 25.9 Å². The van der Waals surface area contributed by atoms with Gasteiger partial charge < -0.3 is 19.5 Å². The van der Waals surface area contributed by atoms with E-state index in [-0.39, 0.29) is 12.2 Å². The molecule has 1 heterocycles. The lowest BCUT2D eigenvalue weighted by molar-refractivity contribution is -0.159. The van der Waals surface area contributed by atoms with Crippen molar-refractivity contribution in [3.8, 4) is 5.75 Å². The maximum Gasteiger partial charge on any atom is 0.132 e. The lowest BCUT2D eigenvalue weighted by atomic mass is 9.88. The molecule has 2 unspecified atom stereocenters. The Kier molecular flexibility index (Phi) is 5.23. The molecule has 2 aromatic carbocycles. The van der Waals surface area contributed by atoms with Gasteiger partial charge in [0, 0.05) is 30.4 Å². The first-order valence-electron chi connectivity index (χ1n) is 8.35. The van der Waals surface area contributed by atoms with Crippen LogP contribution in [0.2, 0.25) is 5.02 Å². The van der Waals surface area contributed by atoms with Crippen LogP contribution in [0.3, 0.4) is 0 Å². The van der Waals surface area contributed by atoms with Crippen molar-refractivity contribution in [3.63, 3.8) is 0 Å². The summed E-state index contributed by atoms with van der Waals surface area (Å²) in [5.41, 5.74) is 2.41. The number of methoxy groups -OCH3 is 1. The second kappa shape index (κ2) is 7.24. The van der Waals surface area contributed by atoms with Crippen LogP contribution in [0.1, 0.15) is 31.1 Å². The van der Waals surface area contributed by atoms with Crippen molar-refractivity contribution < 1.29 is 14.2 Å². The van der Waals surface area contributed by atoms with Crippen molar-refractivity contribution in [2.45, 2.75) is 38.3 Å². The van der Waals surface area contributed by atoms with Gasteiger partial charge in [0.05, 0.1) is 6.61 Å². The molecule has 0 saturated carbocycles. The Morgan fingerprint density at radius 2 is 1.96 bits per heavy atom. The zero-order valence-corrected chi connectivity index (χ0v) is 15.8. The van der Waals surface area contributed by atoms with Crippen molar-refractivity contribution in [3.05, 3.63) is 58.6 Å². The van der Waals surface area contributed by atoms with Gasteiger partial charge in [-0.25, -0.2) is 0 Å². The van der Waals surface area contributed by atoms with Crippen molar-refractivity contribution in [1.82, 2.24) is 0 Å². The number of hydrogen-bond donors (Lipinski definition) is 1. The largest absolute Gasteiger partial charge is 0.485 e. The summed E-state index contributed by atoms with van der Waals surface area (Å²) in [5, 5.41) is 3.85. The molecule has 1 N–H and O–H groups in total. The molecule has 0 saturated heterocycles. The average Bonchev–Trinajstić information content (AvgIpc) is 2.60. The smallest absolute Gasteiger partial charge is 0.132 e. The van der Waals surface area contributed by atoms with Crippen LogP contribution < -0.4 is 10.1 Å². The SMILES string of the molecule is CNc1ccc2c(c1)C(OC)C(OCc1ccccc1Cl)C(C)(C)O2. The molecule has 1 aliphatic heterocycles. The number of rotatable bonds is 5. The molecule has 3 rings (SSSR count). The van der Waals surface area contributed by atoms with Crippen LogP contribution in [-0.2, 0) is 16.1 Å². The number of benzene rings is 2. The number of anilines is 1. The van der Waals surface area contributed by atoms with Gasteiger partial charge in [-0.15, -0.1) is 0 Å². The van der Waals surface area contributed by atoms with Gasteiger partial charge in [-0.1, -0.05) is 29.8 Å². The predicted octanol–water partition coefficient (Wildman–Crippen LogP) is 4.83. The van der Waals surface area contributed by atoms with E-state index in [1.54, 1.807) is 7.11 Å². The molecule has 0 aliphatic carbocycles. The number of hydrogen-bond acceptors (Lipinski definition) is 4. The Morgan fingerprint density at radius 3 is 2.64 bits per heavy atom. The van der Waals surface area contributed by atoms with Gasteiger partial charge >= 0.3 is 0 Å². The standard InChI is InChI=1S/C20H24ClNO3/c1-20(2)19(24-12-13-7-5-6-8-16(13)21)18(23-4)15-11-14(22-3)9-10-17(15)25-20/h5-11,18-19,22H,12H2,1-4H3. The monoisotopic (exact) mass is 361 g/mol. The summed E-state index contributed by atoms with van der Waals surface area (Å²) in [6.07, 6.45) is -0.497. The summed E-state index contributed by atoms with van der Waals surface area (Å²) in [6, 6.07) is 13.7. The second-order valence-electron chi connectivity index (χ2n) is 6.69. The molecule has 5 heteroatoms. The Hall–Kier alpha value is -1.75. The van der Waals surface area contributed by atoms with Gasteiger partial charge in [0.2, 0.25) is 0 Å². The molecule has 0 aromatic heterocycles. The van der Waals surface area contributed by atoms with Crippen molar-refractivity contribution >= 4 is 17.3 Å². The summed E-state index contributed by atoms with van der Waals surface area (Å²) in [4.78, 5) is 0. The van der Waals surface area contributed by atoms with Crippen LogP contribution in [0, 0.1) is 0 Å². The minimum Gasteiger partial charge on any atom is -0.485 e. The molecule has 134 valence electrons. The highest BCUT2D eigenvalue weighted by Crippen LogP contribution is 2.44. The van der Waals surface area contributed by atoms with Crippen molar-refractivity contribution in [2.75, 3.05) is 19.5 Å². The first-order chi connectivity index (χ1) is 12.0. The number of halogens is 1. The second-order valence-corrected chi connectivity index (χ2v) is 7.09. The zero-order chi connectivity index (χ0) is 18.0. The van der Waals surface area contributed by atoms with E-state index in [1.807, 2.05) is 63.4 Å². The van der Waals surface area contributed by atoms with E-state index < -0.39 is 5.60 Å². The molecule has 0 amide bonds. The van der Waals surface area contributed by atoms with Crippen LogP contribution in [0.4, 0.5) is 5.69 Å². The van der Waals surface area contributed by atoms with E-state index >= 15 is 0 Å². The third-order valence-electron chi connectivity index (χ3n) is 4.57. The fraction of sp³-hybridized carbons (Fsp3) is 0.400. The summed E-state index contributed by atoms with van der Waals surface area (Å²) in [5.74, 6) is 0.827. The molecule has 1 aliphatic rings. The van der Waals surface area contributed by atoms with E-state index in [2.05, 4.69) is 5.32 Å². The van der Waals surface area contributed by atoms with E-state index in [0.29, 0.717) is 11.6 Å². The summed E-state index contributed by atoms with van der Waals surface area (Å²) < 4.78 is 18.3. The van der Waals surface area contributed by atoms with Crippen molar-refractivity contribution in [1.29, 1.82) is 0 Å². The number of nitrogens with one attached hydrogen (secondary N) is 1. The molecule has 25 heavy (non-hydrogen) atoms. The Balaban J connectivity index is 1.90. The highest BCUT2D eigenvalue weighted by atomic mass is 35.5. The fourth-order valence-electron chi connectivity index (χ4n) is 3.22. The number of fused-ring (bicyclic) bond motifs is 1. The van der Waals surface area contributed by atoms with E-state index in [1.165, 1.54) is 0 Å². The van der Waals surface area contributed by atoms with E-state index in [0.717, 1.165) is 22.6 Å². The minimum atomic E-state index is -0.532. The molecule has 2 atom stereocenters. The molecular weight excluding hydrogens is 338 g/mol. The minimum absolute atomic E-state index is 0.227. The molecular formula is C20H24ClNO3. The summed E-state index contributed by atoms with van der Waals surface area (Å²) in [6.45, 7) is 4.44. The lowest BCUT2D eigenvalue weighted by Crippen LogP contribution is -2.50. The van der Waals surface area contributed by atoms with Crippen LogP contribution in [0.15, 0.2) is 42.5 Å². The quantitative estimate of drug-likeness (QED) is 0.828. The topological polar surface area (TPSA) is 39.7 Å². The molecule has 0 fully saturated rings. The first-order valence-corrected chi connectivity index (χ1v) is 8.72. The molecule has 0 spiro atoms. The summed E-state index contributed by atoms with van der Waals surface area (Å²) in [7, 11) is 3.59. The summed E-state index contributed by atoms with van der Waals surface area (Å²) >= 11 is 6.25. The van der Waals surface area contributed by atoms with Gasteiger partial charge in [0.15, 0.2) is 0 Å². The van der Waals surface area contributed by atoms with Crippen LogP contribution in [0.25, 0.3) is 0 Å². The zero-order valence-electron chi connectivity index (χ0n) is 15.0. The third kappa shape index (κ3) is 3.61. The Morgan fingerprint density at radius 1 is 1.20 bits per heavy atom. The first kappa shape index (κ1) is 18.1. The average molecular weight is 362 g/mol. The molecule has 0 radical (unpaired) electrons. The molecule has 0 bridgehead atoms. The van der Waals surface area contributed by atoms with Crippen molar-refractivity contribution in [2.24, 2.45) is 0 Å². The third-order valence-corrected chi connectivity index (χ3v) is 4.94. The molecule has 4 nitrogen and oxygen atoms in total. The van der Waals surface area contributed by atoms with E-state index in [9.17, 15) is 0 Å². The van der Waals surface area contributed by atoms with E-state index in [4.69, 9.17) is 25.8 Å². The lowest BCUT2D eigenvalue weighted by Gasteiger charge is -2.44. The maximum absolute atomic E-state index is 6.25. The van der Waals surface area contributed by atoms with Gasteiger partial charge in [-0.3, -0.25) is 0 Å². The van der Waals surface area contributed by atoms with Gasteiger partial charge in [0.25, 0.3) is 0 Å². The number of ether oxygens (including phenoxy) is 3. The highest BCUT2D eigenvalue weighted by Gasteiger charge is 2.45. The predicted molar refractivity (Wildman–Crippen MR) is 100 cm³/mol. The fourth-order valence-corrected chi connectivity index (χ4v) is 3.41. The maximum atomic E-state index is 6.25. The normalized spacial score (nSPS) is 21.3. The van der Waals surface area contributed by atoms with Crippen LogP contribution in [0.5, 0.6) is 5.75 Å². The highest BCUT2D eigenvalue weighted by molar-refractivity contribution is 6.31. The van der Waals surface area contributed by atoms with Gasteiger partial charge in [0.1, 0.15) is 23.6 Å². The Labute approximate surface area is 154 Å². The van der Waals surface area contributed by atoms with Gasteiger partial charge in [-0.2, -0.15) is 0 Å². The van der Waals surface area contributed by atoms with Gasteiger partial charge in [-0.05, 0) is 43.7 Å².